The molecule has 38 heavy (non-hydrogen) atoms. The fourth-order valence-electron chi connectivity index (χ4n) is 4.22. The average molecular weight is 524 g/mol. The predicted octanol–water partition coefficient (Wildman–Crippen LogP) is 3.30. The van der Waals surface area contributed by atoms with E-state index in [0.717, 1.165) is 17.5 Å². The Balaban J connectivity index is 1.86. The van der Waals surface area contributed by atoms with Crippen molar-refractivity contribution in [2.75, 3.05) is 6.61 Å². The number of amides is 3. The van der Waals surface area contributed by atoms with E-state index in [9.17, 15) is 19.2 Å². The summed E-state index contributed by atoms with van der Waals surface area (Å²) in [5, 5.41) is 8.26. The fraction of sp³-hybridized carbons (Fsp3) is 0.448. The Morgan fingerprint density at radius 1 is 1.11 bits per heavy atom. The minimum atomic E-state index is -1.44. The zero-order valence-corrected chi connectivity index (χ0v) is 22.2. The first kappa shape index (κ1) is 28.7. The molecule has 2 aromatic carbocycles. The molecular formula is C29H37N3O6. The van der Waals surface area contributed by atoms with Crippen molar-refractivity contribution in [3.63, 3.8) is 0 Å². The monoisotopic (exact) mass is 523 g/mol. The van der Waals surface area contributed by atoms with Crippen LogP contribution in [0.1, 0.15) is 51.2 Å². The Kier molecular flexibility index (Phi) is 10.3. The Bertz CT molecular complexity index is 1090. The van der Waals surface area contributed by atoms with Gasteiger partial charge < -0.3 is 30.2 Å². The van der Waals surface area contributed by atoms with Crippen molar-refractivity contribution >= 4 is 24.2 Å². The smallest absolute Gasteiger partial charge is 0.408 e. The SMILES string of the molecule is CC(C)[C@@H]1NC(=O)[C@@](C)(NC(=O)OCc2ccccc2)Cc2ccc(cc2)OCCCC[C@@H](C=O)NC1=O. The van der Waals surface area contributed by atoms with E-state index in [-0.39, 0.29) is 18.9 Å². The lowest BCUT2D eigenvalue weighted by molar-refractivity contribution is -0.134. The highest BCUT2D eigenvalue weighted by molar-refractivity contribution is 5.94. The zero-order valence-electron chi connectivity index (χ0n) is 22.2. The van der Waals surface area contributed by atoms with Crippen LogP contribution < -0.4 is 20.7 Å². The molecule has 2 aromatic rings. The lowest BCUT2D eigenvalue weighted by Crippen LogP contribution is -2.62. The van der Waals surface area contributed by atoms with Gasteiger partial charge >= 0.3 is 6.09 Å². The van der Waals surface area contributed by atoms with E-state index in [0.29, 0.717) is 31.5 Å². The number of carbonyl (C=O) groups excluding carboxylic acids is 4. The van der Waals surface area contributed by atoms with Crippen LogP contribution in [-0.2, 0) is 32.1 Å². The van der Waals surface area contributed by atoms with Crippen molar-refractivity contribution in [1.29, 1.82) is 0 Å². The van der Waals surface area contributed by atoms with Gasteiger partial charge in [-0.2, -0.15) is 0 Å². The normalized spacial score (nSPS) is 22.9. The molecule has 9 nitrogen and oxygen atoms in total. The second-order valence-electron chi connectivity index (χ2n) is 10.1. The summed E-state index contributed by atoms with van der Waals surface area (Å²) in [5.41, 5.74) is 0.152. The third kappa shape index (κ3) is 8.33. The van der Waals surface area contributed by atoms with Crippen molar-refractivity contribution in [2.45, 2.75) is 70.7 Å². The maximum absolute atomic E-state index is 13.7. The van der Waals surface area contributed by atoms with Crippen molar-refractivity contribution in [3.8, 4) is 5.75 Å². The number of nitrogens with one attached hydrogen (secondary N) is 3. The van der Waals surface area contributed by atoms with Crippen LogP contribution in [0.15, 0.2) is 54.6 Å². The molecule has 9 heteroatoms. The molecule has 3 amide bonds. The number of rotatable bonds is 5. The summed E-state index contributed by atoms with van der Waals surface area (Å²) in [6.45, 7) is 5.71. The van der Waals surface area contributed by atoms with Gasteiger partial charge in [0.25, 0.3) is 0 Å². The number of benzene rings is 2. The first-order chi connectivity index (χ1) is 18.2. The van der Waals surface area contributed by atoms with E-state index in [1.807, 2.05) is 54.6 Å². The lowest BCUT2D eigenvalue weighted by Gasteiger charge is -2.32. The van der Waals surface area contributed by atoms with Crippen molar-refractivity contribution in [1.82, 2.24) is 16.0 Å². The molecule has 0 saturated carbocycles. The highest BCUT2D eigenvalue weighted by Gasteiger charge is 2.39. The maximum atomic E-state index is 13.7. The zero-order chi connectivity index (χ0) is 27.5. The van der Waals surface area contributed by atoms with E-state index in [1.54, 1.807) is 20.8 Å². The highest BCUT2D eigenvalue weighted by atomic mass is 16.5. The van der Waals surface area contributed by atoms with Crippen LogP contribution in [0.2, 0.25) is 0 Å². The molecule has 4 rings (SSSR count). The lowest BCUT2D eigenvalue weighted by atomic mass is 9.90. The summed E-state index contributed by atoms with van der Waals surface area (Å²) in [5.74, 6) is -0.589. The summed E-state index contributed by atoms with van der Waals surface area (Å²) in [6.07, 6.45) is 1.96. The molecule has 0 aromatic heterocycles. The Labute approximate surface area is 223 Å². The van der Waals surface area contributed by atoms with Crippen molar-refractivity contribution in [2.24, 2.45) is 5.92 Å². The van der Waals surface area contributed by atoms with Gasteiger partial charge in [0.1, 0.15) is 30.2 Å². The minimum absolute atomic E-state index is 0.0422. The number of hydrogen-bond donors (Lipinski definition) is 3. The second kappa shape index (κ2) is 13.6. The fourth-order valence-corrected chi connectivity index (χ4v) is 4.22. The van der Waals surface area contributed by atoms with Crippen molar-refractivity contribution in [3.05, 3.63) is 65.7 Å². The van der Waals surface area contributed by atoms with E-state index < -0.39 is 35.5 Å². The van der Waals surface area contributed by atoms with E-state index in [4.69, 9.17) is 9.47 Å². The van der Waals surface area contributed by atoms with E-state index in [1.165, 1.54) is 0 Å². The Morgan fingerprint density at radius 3 is 2.47 bits per heavy atom. The van der Waals surface area contributed by atoms with Crippen LogP contribution in [0.25, 0.3) is 0 Å². The van der Waals surface area contributed by atoms with Crippen molar-refractivity contribution < 1.29 is 28.7 Å². The van der Waals surface area contributed by atoms with Gasteiger partial charge in [0.05, 0.1) is 12.6 Å². The standard InChI is InChI=1S/C29H37N3O6/c1-20(2)25-26(34)30-23(18-33)11-7-8-16-37-24-14-12-21(13-15-24)17-29(3,27(35)31-25)32-28(36)38-19-22-9-5-4-6-10-22/h4-6,9-10,12-15,18,20,23,25H,7-8,11,16-17,19H2,1-3H3,(H,30,34)(H,31,35)(H,32,36)/t23-,25-,29-/m0/s1. The largest absolute Gasteiger partial charge is 0.494 e. The first-order valence-corrected chi connectivity index (χ1v) is 13.0. The maximum Gasteiger partial charge on any atom is 0.408 e. The summed E-state index contributed by atoms with van der Waals surface area (Å²) in [6, 6.07) is 14.9. The third-order valence-corrected chi connectivity index (χ3v) is 6.48. The molecule has 3 N–H and O–H groups in total. The Morgan fingerprint density at radius 2 is 1.82 bits per heavy atom. The number of carbonyl (C=O) groups is 4. The molecule has 0 unspecified atom stereocenters. The molecular weight excluding hydrogens is 486 g/mol. The summed E-state index contributed by atoms with van der Waals surface area (Å²) < 4.78 is 11.2. The highest BCUT2D eigenvalue weighted by Crippen LogP contribution is 2.20. The van der Waals surface area contributed by atoms with Gasteiger partial charge in [-0.1, -0.05) is 56.3 Å². The number of aldehydes is 1. The molecule has 0 spiro atoms. The van der Waals surface area contributed by atoms with Gasteiger partial charge in [-0.15, -0.1) is 0 Å². The summed E-state index contributed by atoms with van der Waals surface area (Å²) >= 11 is 0. The van der Waals surface area contributed by atoms with Crippen LogP contribution >= 0.6 is 0 Å². The molecule has 0 saturated heterocycles. The van der Waals surface area contributed by atoms with Gasteiger partial charge in [-0.25, -0.2) is 4.79 Å². The van der Waals surface area contributed by atoms with Crippen LogP contribution in [0.4, 0.5) is 4.79 Å². The number of fused-ring (bicyclic) bond motifs is 14. The molecule has 2 aliphatic rings. The molecule has 3 atom stereocenters. The summed E-state index contributed by atoms with van der Waals surface area (Å²) in [4.78, 5) is 51.1. The second-order valence-corrected chi connectivity index (χ2v) is 10.1. The minimum Gasteiger partial charge on any atom is -0.494 e. The van der Waals surface area contributed by atoms with Crippen LogP contribution in [0.5, 0.6) is 5.75 Å². The molecule has 2 aliphatic heterocycles. The number of ether oxygens (including phenoxy) is 2. The van der Waals surface area contributed by atoms with Crippen LogP contribution in [0.3, 0.4) is 0 Å². The molecule has 0 aliphatic carbocycles. The summed E-state index contributed by atoms with van der Waals surface area (Å²) in [7, 11) is 0. The van der Waals surface area contributed by atoms with Crippen LogP contribution in [-0.4, -0.2) is 48.4 Å². The van der Waals surface area contributed by atoms with Crippen LogP contribution in [0, 0.1) is 5.92 Å². The van der Waals surface area contributed by atoms with Gasteiger partial charge in [0, 0.05) is 6.42 Å². The molecule has 204 valence electrons. The molecule has 2 heterocycles. The molecule has 0 fully saturated rings. The van der Waals surface area contributed by atoms with Gasteiger partial charge in [-0.05, 0) is 55.4 Å². The topological polar surface area (TPSA) is 123 Å². The third-order valence-electron chi connectivity index (χ3n) is 6.48. The van der Waals surface area contributed by atoms with Gasteiger partial charge in [0.2, 0.25) is 11.8 Å². The van der Waals surface area contributed by atoms with E-state index >= 15 is 0 Å². The molecule has 0 radical (unpaired) electrons. The quantitative estimate of drug-likeness (QED) is 0.517. The van der Waals surface area contributed by atoms with E-state index in [2.05, 4.69) is 16.0 Å². The number of alkyl carbamates (subject to hydrolysis) is 1. The van der Waals surface area contributed by atoms with Gasteiger partial charge in [0.15, 0.2) is 0 Å². The average Bonchev–Trinajstić information content (AvgIpc) is 2.90. The predicted molar refractivity (Wildman–Crippen MR) is 142 cm³/mol. The first-order valence-electron chi connectivity index (χ1n) is 13.0. The Hall–Kier alpha value is -3.88. The number of hydrogen-bond acceptors (Lipinski definition) is 6. The van der Waals surface area contributed by atoms with Gasteiger partial charge in [-0.3, -0.25) is 9.59 Å². The molecule has 2 bridgehead atoms.